The number of hydrogen-bond donors (Lipinski definition) is 1. The van der Waals surface area contributed by atoms with Crippen LogP contribution in [0.5, 0.6) is 0 Å². The molecule has 0 bridgehead atoms. The quantitative estimate of drug-likeness (QED) is 0.462. The molecule has 0 aliphatic heterocycles. The van der Waals surface area contributed by atoms with Crippen LogP contribution in [0, 0.1) is 0 Å². The van der Waals surface area contributed by atoms with Crippen LogP contribution in [0.4, 0.5) is 11.4 Å². The molecule has 1 saturated carbocycles. The Morgan fingerprint density at radius 3 is 2.38 bits per heavy atom. The number of fused-ring (bicyclic) bond motifs is 1. The van der Waals surface area contributed by atoms with Crippen molar-refractivity contribution in [1.82, 2.24) is 4.98 Å². The molecule has 3 aromatic carbocycles. The number of carbonyl (C=O) groups is 1. The first-order valence-electron chi connectivity index (χ1n) is 10.4. The lowest BCUT2D eigenvalue weighted by molar-refractivity contribution is 0.0986. The van der Waals surface area contributed by atoms with Crippen LogP contribution in [0.1, 0.15) is 23.2 Å². The number of aromatic nitrogens is 1. The van der Waals surface area contributed by atoms with Gasteiger partial charge in [-0.1, -0.05) is 48.5 Å². The van der Waals surface area contributed by atoms with Crippen LogP contribution >= 0.6 is 0 Å². The van der Waals surface area contributed by atoms with Gasteiger partial charge in [-0.3, -0.25) is 14.5 Å². The van der Waals surface area contributed by atoms with E-state index in [-0.39, 0.29) is 22.5 Å². The zero-order valence-electron chi connectivity index (χ0n) is 17.2. The zero-order valence-corrected chi connectivity index (χ0v) is 18.0. The molecule has 1 N–H and O–H groups in total. The second kappa shape index (κ2) is 8.09. The Morgan fingerprint density at radius 1 is 0.875 bits per heavy atom. The number of pyridine rings is 1. The third-order valence-corrected chi connectivity index (χ3v) is 6.85. The first-order valence-corrected chi connectivity index (χ1v) is 11.9. The van der Waals surface area contributed by atoms with Gasteiger partial charge >= 0.3 is 0 Å². The highest BCUT2D eigenvalue weighted by atomic mass is 32.2. The number of carbonyl (C=O) groups excluding carboxylic acids is 1. The molecular weight excluding hydrogens is 422 g/mol. The fourth-order valence-electron chi connectivity index (χ4n) is 3.80. The largest absolute Gasteiger partial charge is 0.305 e. The van der Waals surface area contributed by atoms with Gasteiger partial charge in [0.25, 0.3) is 15.9 Å². The molecule has 7 heteroatoms. The lowest BCUT2D eigenvalue weighted by Crippen LogP contribution is -2.33. The minimum absolute atomic E-state index is 0.0694. The van der Waals surface area contributed by atoms with Gasteiger partial charge in [0.2, 0.25) is 0 Å². The molecular formula is C25H21N3O3S. The summed E-state index contributed by atoms with van der Waals surface area (Å²) in [7, 11) is -3.97. The van der Waals surface area contributed by atoms with Gasteiger partial charge in [-0.05, 0) is 49.2 Å². The van der Waals surface area contributed by atoms with E-state index in [0.29, 0.717) is 11.1 Å². The van der Waals surface area contributed by atoms with Gasteiger partial charge in [0.15, 0.2) is 0 Å². The monoisotopic (exact) mass is 443 g/mol. The van der Waals surface area contributed by atoms with Crippen LogP contribution in [0.15, 0.2) is 96.0 Å². The Bertz CT molecular complexity index is 1400. The minimum Gasteiger partial charge on any atom is -0.305 e. The molecule has 1 aliphatic carbocycles. The molecule has 0 unspecified atom stereocenters. The molecule has 0 radical (unpaired) electrons. The van der Waals surface area contributed by atoms with Crippen molar-refractivity contribution in [2.75, 3.05) is 9.62 Å². The van der Waals surface area contributed by atoms with Gasteiger partial charge < -0.3 is 4.90 Å². The van der Waals surface area contributed by atoms with Crippen molar-refractivity contribution in [3.8, 4) is 0 Å². The summed E-state index contributed by atoms with van der Waals surface area (Å²) in [6.07, 6.45) is 3.42. The SMILES string of the molecule is O=C(c1ccccc1NS(=O)(=O)c1cccc2cccnc12)N(c1ccccc1)C1CC1. The molecule has 1 aliphatic rings. The first kappa shape index (κ1) is 20.2. The van der Waals surface area contributed by atoms with Gasteiger partial charge in [0.1, 0.15) is 4.90 Å². The Morgan fingerprint density at radius 2 is 1.59 bits per heavy atom. The van der Waals surface area contributed by atoms with Crippen LogP contribution in [0.25, 0.3) is 10.9 Å². The van der Waals surface area contributed by atoms with Crippen molar-refractivity contribution >= 4 is 38.2 Å². The minimum atomic E-state index is -3.97. The molecule has 160 valence electrons. The Balaban J connectivity index is 1.53. The number of sulfonamides is 1. The number of nitrogens with zero attached hydrogens (tertiary/aromatic N) is 2. The van der Waals surface area contributed by atoms with Gasteiger partial charge in [0.05, 0.1) is 16.8 Å². The Kier molecular flexibility index (Phi) is 5.11. The number of anilines is 2. The highest BCUT2D eigenvalue weighted by Gasteiger charge is 2.35. The van der Waals surface area contributed by atoms with Gasteiger partial charge in [-0.2, -0.15) is 0 Å². The normalized spacial score (nSPS) is 13.6. The summed E-state index contributed by atoms with van der Waals surface area (Å²) in [5.41, 5.74) is 1.73. The number of para-hydroxylation sites is 3. The van der Waals surface area contributed by atoms with E-state index in [1.807, 2.05) is 42.5 Å². The summed E-state index contributed by atoms with van der Waals surface area (Å²) in [4.78, 5) is 19.6. The van der Waals surface area contributed by atoms with Crippen LogP contribution < -0.4 is 9.62 Å². The predicted octanol–water partition coefficient (Wildman–Crippen LogP) is 4.84. The molecule has 0 atom stereocenters. The summed E-state index contributed by atoms with van der Waals surface area (Å²) >= 11 is 0. The average molecular weight is 444 g/mol. The molecule has 0 saturated heterocycles. The van der Waals surface area contributed by atoms with Crippen molar-refractivity contribution < 1.29 is 13.2 Å². The fraction of sp³-hybridized carbons (Fsp3) is 0.120. The van der Waals surface area contributed by atoms with Crippen LogP contribution in [-0.4, -0.2) is 25.4 Å². The number of benzene rings is 3. The van der Waals surface area contributed by atoms with E-state index in [9.17, 15) is 13.2 Å². The summed E-state index contributed by atoms with van der Waals surface area (Å²) in [6.45, 7) is 0. The van der Waals surface area contributed by atoms with Crippen LogP contribution in [-0.2, 0) is 10.0 Å². The van der Waals surface area contributed by atoms with Gasteiger partial charge in [-0.15, -0.1) is 0 Å². The maximum atomic E-state index is 13.6. The third-order valence-electron chi connectivity index (χ3n) is 5.45. The van der Waals surface area contributed by atoms with E-state index in [1.54, 1.807) is 47.5 Å². The lowest BCUT2D eigenvalue weighted by atomic mass is 10.1. The smallest absolute Gasteiger partial charge is 0.264 e. The lowest BCUT2D eigenvalue weighted by Gasteiger charge is -2.24. The van der Waals surface area contributed by atoms with Crippen molar-refractivity contribution in [2.45, 2.75) is 23.8 Å². The van der Waals surface area contributed by atoms with Crippen molar-refractivity contribution in [2.24, 2.45) is 0 Å². The summed E-state index contributed by atoms with van der Waals surface area (Å²) < 4.78 is 29.2. The van der Waals surface area contributed by atoms with E-state index in [4.69, 9.17) is 0 Å². The Hall–Kier alpha value is -3.71. The second-order valence-electron chi connectivity index (χ2n) is 7.72. The summed E-state index contributed by atoms with van der Waals surface area (Å²) in [5.74, 6) is -0.229. The Labute approximate surface area is 186 Å². The van der Waals surface area contributed by atoms with Crippen molar-refractivity contribution in [1.29, 1.82) is 0 Å². The number of nitrogens with one attached hydrogen (secondary N) is 1. The maximum absolute atomic E-state index is 13.6. The molecule has 0 spiro atoms. The van der Waals surface area contributed by atoms with Gasteiger partial charge in [0, 0.05) is 23.3 Å². The van der Waals surface area contributed by atoms with E-state index >= 15 is 0 Å². The van der Waals surface area contributed by atoms with Gasteiger partial charge in [-0.25, -0.2) is 8.42 Å². The average Bonchev–Trinajstić information content (AvgIpc) is 3.65. The fourth-order valence-corrected chi connectivity index (χ4v) is 5.06. The van der Waals surface area contributed by atoms with Crippen molar-refractivity contribution in [3.63, 3.8) is 0 Å². The predicted molar refractivity (Wildman–Crippen MR) is 125 cm³/mol. The third kappa shape index (κ3) is 3.83. The van der Waals surface area contributed by atoms with Crippen LogP contribution in [0.3, 0.4) is 0 Å². The van der Waals surface area contributed by atoms with E-state index in [1.165, 1.54) is 6.07 Å². The first-order chi connectivity index (χ1) is 15.5. The highest BCUT2D eigenvalue weighted by molar-refractivity contribution is 7.93. The molecule has 1 amide bonds. The number of rotatable bonds is 6. The summed E-state index contributed by atoms with van der Waals surface area (Å²) in [5, 5.41) is 0.726. The molecule has 1 aromatic heterocycles. The second-order valence-corrected chi connectivity index (χ2v) is 9.38. The highest BCUT2D eigenvalue weighted by Crippen LogP contribution is 2.34. The molecule has 32 heavy (non-hydrogen) atoms. The topological polar surface area (TPSA) is 79.4 Å². The van der Waals surface area contributed by atoms with E-state index < -0.39 is 10.0 Å². The van der Waals surface area contributed by atoms with E-state index in [2.05, 4.69) is 9.71 Å². The number of amides is 1. The van der Waals surface area contributed by atoms with E-state index in [0.717, 1.165) is 23.9 Å². The van der Waals surface area contributed by atoms with Crippen LogP contribution in [0.2, 0.25) is 0 Å². The maximum Gasteiger partial charge on any atom is 0.264 e. The molecule has 1 fully saturated rings. The summed E-state index contributed by atoms with van der Waals surface area (Å²) in [6, 6.07) is 24.9. The molecule has 6 nitrogen and oxygen atoms in total. The molecule has 4 aromatic rings. The van der Waals surface area contributed by atoms with Crippen molar-refractivity contribution in [3.05, 3.63) is 96.7 Å². The zero-order chi connectivity index (χ0) is 22.1. The number of hydrogen-bond acceptors (Lipinski definition) is 4. The molecule has 1 heterocycles. The standard InChI is InChI=1S/C25H21N3O3S/c29-25(28(20-15-16-20)19-10-2-1-3-11-19)21-12-4-5-13-22(21)27-32(30,31)23-14-6-8-18-9-7-17-26-24(18)23/h1-14,17,20,27H,15-16H2. The molecule has 5 rings (SSSR count).